The number of carbonyl (C=O) groups is 2. The van der Waals surface area contributed by atoms with Gasteiger partial charge in [-0.3, -0.25) is 9.59 Å². The highest BCUT2D eigenvalue weighted by Crippen LogP contribution is 2.39. The van der Waals surface area contributed by atoms with Crippen molar-refractivity contribution >= 4 is 11.8 Å². The van der Waals surface area contributed by atoms with E-state index in [0.717, 1.165) is 16.7 Å². The molecule has 7 rings (SSSR count). The summed E-state index contributed by atoms with van der Waals surface area (Å²) in [5, 5.41) is 12.3. The molecule has 0 radical (unpaired) electrons. The Hall–Kier alpha value is -5.16. The van der Waals surface area contributed by atoms with Crippen LogP contribution >= 0.6 is 0 Å². The maximum atomic E-state index is 14.7. The van der Waals surface area contributed by atoms with Gasteiger partial charge in [-0.15, -0.1) is 0 Å². The molecule has 0 saturated carbocycles. The Bertz CT molecular complexity index is 1710. The van der Waals surface area contributed by atoms with E-state index >= 15 is 0 Å². The predicted octanol–water partition coefficient (Wildman–Crippen LogP) is 5.72. The fourth-order valence-electron chi connectivity index (χ4n) is 5.51. The molecule has 210 valence electrons. The van der Waals surface area contributed by atoms with Crippen molar-refractivity contribution in [3.8, 4) is 23.3 Å². The molecule has 8 bridgehead atoms. The lowest BCUT2D eigenvalue weighted by atomic mass is 9.87. The molecule has 1 atom stereocenters. The standard InChI is InChI=1S/C34H28FN3O4/c35-30-11-8-22-17-31(30)42-28-9-10-29-24(19-28)12-14-38(34(40)26-6-1-4-23(16-26)21-36)33(29)25-5-2-7-27(20-25)41-15-3-13-37-32(39)18-22/h1-2,4-11,16-17,19-20,33H,3,12-15,18H2,(H,37,39). The van der Waals surface area contributed by atoms with Crippen molar-refractivity contribution in [2.24, 2.45) is 0 Å². The first-order chi connectivity index (χ1) is 20.5. The Balaban J connectivity index is 1.42. The van der Waals surface area contributed by atoms with E-state index in [2.05, 4.69) is 11.4 Å². The van der Waals surface area contributed by atoms with E-state index in [9.17, 15) is 19.2 Å². The second-order valence-electron chi connectivity index (χ2n) is 10.4. The van der Waals surface area contributed by atoms with Crippen LogP contribution in [0.25, 0.3) is 0 Å². The minimum atomic E-state index is -0.522. The Labute approximate surface area is 243 Å². The molecule has 2 amide bonds. The van der Waals surface area contributed by atoms with Gasteiger partial charge in [0.1, 0.15) is 11.5 Å². The molecular weight excluding hydrogens is 533 g/mol. The quantitative estimate of drug-likeness (QED) is 0.321. The summed E-state index contributed by atoms with van der Waals surface area (Å²) in [6.45, 7) is 1.26. The van der Waals surface area contributed by atoms with Crippen molar-refractivity contribution in [3.05, 3.63) is 124 Å². The van der Waals surface area contributed by atoms with Crippen LogP contribution in [0.15, 0.2) is 84.9 Å². The fourth-order valence-corrected chi connectivity index (χ4v) is 5.51. The molecule has 3 aliphatic heterocycles. The van der Waals surface area contributed by atoms with Crippen LogP contribution in [-0.4, -0.2) is 36.4 Å². The number of nitriles is 1. The second-order valence-corrected chi connectivity index (χ2v) is 10.4. The molecule has 3 heterocycles. The van der Waals surface area contributed by atoms with Crippen LogP contribution in [0.2, 0.25) is 0 Å². The number of hydrogen-bond acceptors (Lipinski definition) is 5. The summed E-state index contributed by atoms with van der Waals surface area (Å²) < 4.78 is 26.7. The molecule has 0 fully saturated rings. The number of fused-ring (bicyclic) bond motifs is 7. The SMILES string of the molecule is N#Cc1cccc(C(=O)N2CCc3cc4ccc3C2c2cccc(c2)OCCCNC(=O)Cc2ccc(F)c(c2)O4)c1. The van der Waals surface area contributed by atoms with Crippen molar-refractivity contribution < 1.29 is 23.5 Å². The minimum absolute atomic E-state index is 0.0424. The number of rotatable bonds is 1. The third-order valence-corrected chi connectivity index (χ3v) is 7.52. The van der Waals surface area contributed by atoms with E-state index in [1.807, 2.05) is 41.3 Å². The first-order valence-electron chi connectivity index (χ1n) is 13.9. The number of nitrogens with zero attached hydrogens (tertiary/aromatic N) is 2. The average molecular weight is 562 g/mol. The molecular formula is C34H28FN3O4. The van der Waals surface area contributed by atoms with Crippen molar-refractivity contribution in [1.29, 1.82) is 5.26 Å². The lowest BCUT2D eigenvalue weighted by molar-refractivity contribution is -0.120. The number of nitrogens with one attached hydrogen (secondary N) is 1. The van der Waals surface area contributed by atoms with Crippen LogP contribution in [0.1, 0.15) is 50.6 Å². The molecule has 4 aromatic carbocycles. The van der Waals surface area contributed by atoms with Gasteiger partial charge in [-0.05, 0) is 89.7 Å². The maximum absolute atomic E-state index is 14.7. The molecule has 0 aliphatic carbocycles. The van der Waals surface area contributed by atoms with Crippen LogP contribution in [-0.2, 0) is 17.6 Å². The van der Waals surface area contributed by atoms with Gasteiger partial charge < -0.3 is 19.7 Å². The van der Waals surface area contributed by atoms with Crippen molar-refractivity contribution in [2.45, 2.75) is 25.3 Å². The summed E-state index contributed by atoms with van der Waals surface area (Å²) in [4.78, 5) is 28.2. The fraction of sp³-hybridized carbons (Fsp3) is 0.206. The largest absolute Gasteiger partial charge is 0.494 e. The van der Waals surface area contributed by atoms with Crippen LogP contribution in [0, 0.1) is 17.1 Å². The number of carbonyl (C=O) groups excluding carboxylic acids is 2. The highest BCUT2D eigenvalue weighted by molar-refractivity contribution is 5.95. The second kappa shape index (κ2) is 11.8. The molecule has 0 saturated heterocycles. The summed E-state index contributed by atoms with van der Waals surface area (Å²) in [6.07, 6.45) is 1.26. The van der Waals surface area contributed by atoms with E-state index < -0.39 is 11.9 Å². The predicted molar refractivity (Wildman–Crippen MR) is 154 cm³/mol. The van der Waals surface area contributed by atoms with E-state index in [1.54, 1.807) is 42.5 Å². The molecule has 0 aromatic heterocycles. The van der Waals surface area contributed by atoms with Gasteiger partial charge in [-0.1, -0.05) is 30.3 Å². The average Bonchev–Trinajstić information content (AvgIpc) is 3.01. The zero-order valence-electron chi connectivity index (χ0n) is 22.8. The highest BCUT2D eigenvalue weighted by atomic mass is 19.1. The summed E-state index contributed by atoms with van der Waals surface area (Å²) in [5.74, 6) is 0.297. The van der Waals surface area contributed by atoms with Gasteiger partial charge in [0.2, 0.25) is 5.91 Å². The number of amides is 2. The maximum Gasteiger partial charge on any atom is 0.254 e. The Morgan fingerprint density at radius 2 is 1.88 bits per heavy atom. The van der Waals surface area contributed by atoms with Gasteiger partial charge in [0, 0.05) is 18.7 Å². The number of hydrogen-bond donors (Lipinski definition) is 1. The molecule has 3 aliphatic rings. The monoisotopic (exact) mass is 561 g/mol. The van der Waals surface area contributed by atoms with Crippen LogP contribution in [0.5, 0.6) is 17.2 Å². The summed E-state index contributed by atoms with van der Waals surface area (Å²) in [7, 11) is 0. The lowest BCUT2D eigenvalue weighted by Gasteiger charge is -2.38. The van der Waals surface area contributed by atoms with Gasteiger partial charge in [0.05, 0.1) is 30.7 Å². The molecule has 0 spiro atoms. The van der Waals surface area contributed by atoms with Crippen LogP contribution < -0.4 is 14.8 Å². The zero-order valence-corrected chi connectivity index (χ0v) is 22.8. The topological polar surface area (TPSA) is 91.7 Å². The van der Waals surface area contributed by atoms with Crippen LogP contribution in [0.3, 0.4) is 0 Å². The normalized spacial score (nSPS) is 16.5. The first-order valence-corrected chi connectivity index (χ1v) is 13.9. The molecule has 1 N–H and O–H groups in total. The summed E-state index contributed by atoms with van der Waals surface area (Å²) in [6, 6.07) is 26.1. The van der Waals surface area contributed by atoms with E-state index in [4.69, 9.17) is 9.47 Å². The van der Waals surface area contributed by atoms with Crippen molar-refractivity contribution in [2.75, 3.05) is 19.7 Å². The van der Waals surface area contributed by atoms with Gasteiger partial charge in [0.15, 0.2) is 11.6 Å². The molecule has 8 heteroatoms. The third-order valence-electron chi connectivity index (χ3n) is 7.52. The molecule has 42 heavy (non-hydrogen) atoms. The zero-order chi connectivity index (χ0) is 29.1. The van der Waals surface area contributed by atoms with Gasteiger partial charge >= 0.3 is 0 Å². The van der Waals surface area contributed by atoms with E-state index in [1.165, 1.54) is 6.07 Å². The Kier molecular flexibility index (Phi) is 7.56. The van der Waals surface area contributed by atoms with Gasteiger partial charge in [-0.2, -0.15) is 5.26 Å². The van der Waals surface area contributed by atoms with Crippen molar-refractivity contribution in [3.63, 3.8) is 0 Å². The highest BCUT2D eigenvalue weighted by Gasteiger charge is 2.33. The summed E-state index contributed by atoms with van der Waals surface area (Å²) >= 11 is 0. The number of halogens is 1. The number of ether oxygens (including phenoxy) is 2. The first kappa shape index (κ1) is 27.0. The Morgan fingerprint density at radius 1 is 1.00 bits per heavy atom. The third kappa shape index (κ3) is 5.68. The Morgan fingerprint density at radius 3 is 2.76 bits per heavy atom. The number of benzene rings is 4. The summed E-state index contributed by atoms with van der Waals surface area (Å²) in [5.41, 5.74) is 4.28. The van der Waals surface area contributed by atoms with Gasteiger partial charge in [0.25, 0.3) is 5.91 Å². The lowest BCUT2D eigenvalue weighted by Crippen LogP contribution is -2.40. The van der Waals surface area contributed by atoms with Gasteiger partial charge in [-0.25, -0.2) is 4.39 Å². The smallest absolute Gasteiger partial charge is 0.254 e. The van der Waals surface area contributed by atoms with Crippen molar-refractivity contribution in [1.82, 2.24) is 10.2 Å². The molecule has 4 aromatic rings. The molecule has 7 nitrogen and oxygen atoms in total. The van der Waals surface area contributed by atoms with Crippen LogP contribution in [0.4, 0.5) is 4.39 Å². The van der Waals surface area contributed by atoms with E-state index in [0.29, 0.717) is 60.7 Å². The molecule has 1 unspecified atom stereocenters. The minimum Gasteiger partial charge on any atom is -0.494 e. The van der Waals surface area contributed by atoms with E-state index in [-0.39, 0.29) is 24.0 Å².